The third-order valence-corrected chi connectivity index (χ3v) is 7.69. The lowest BCUT2D eigenvalue weighted by atomic mass is 10.0. The van der Waals surface area contributed by atoms with Crippen LogP contribution in [0, 0.1) is 0 Å². The SMILES string of the molecule is CCCCCC=CCC=CCC=CCC=CCCC(O)C(=O)OC(CCCCCCCCCCCCCCCC)C(=O)O. The summed E-state index contributed by atoms with van der Waals surface area (Å²) >= 11 is 0. The first kappa shape index (κ1) is 40.9. The third kappa shape index (κ3) is 29.7. The number of rotatable bonds is 31. The van der Waals surface area contributed by atoms with Gasteiger partial charge in [-0.05, 0) is 57.8 Å². The molecule has 0 fully saturated rings. The van der Waals surface area contributed by atoms with Crippen LogP contribution in [-0.4, -0.2) is 34.4 Å². The summed E-state index contributed by atoms with van der Waals surface area (Å²) in [6.45, 7) is 4.48. The normalized spacial score (nSPS) is 13.6. The fourth-order valence-electron chi connectivity index (χ4n) is 4.91. The second-order valence-electron chi connectivity index (χ2n) is 11.8. The number of esters is 1. The average molecular weight is 603 g/mol. The van der Waals surface area contributed by atoms with Crippen molar-refractivity contribution in [1.82, 2.24) is 0 Å². The number of aliphatic hydroxyl groups is 1. The average Bonchev–Trinajstić information content (AvgIpc) is 3.00. The molecule has 0 aliphatic rings. The van der Waals surface area contributed by atoms with Gasteiger partial charge in [-0.3, -0.25) is 0 Å². The fraction of sp³-hybridized carbons (Fsp3) is 0.737. The Bertz CT molecular complexity index is 751. The van der Waals surface area contributed by atoms with Crippen molar-refractivity contribution < 1.29 is 24.5 Å². The van der Waals surface area contributed by atoms with Crippen LogP contribution < -0.4 is 0 Å². The van der Waals surface area contributed by atoms with E-state index < -0.39 is 24.1 Å². The van der Waals surface area contributed by atoms with Crippen LogP contribution in [0.2, 0.25) is 0 Å². The second-order valence-corrected chi connectivity index (χ2v) is 11.8. The van der Waals surface area contributed by atoms with E-state index in [1.807, 2.05) is 12.2 Å². The number of carboxylic acid groups (broad SMARTS) is 1. The number of aliphatic hydroxyl groups excluding tert-OH is 1. The summed E-state index contributed by atoms with van der Waals surface area (Å²) in [6.07, 6.45) is 40.5. The van der Waals surface area contributed by atoms with E-state index in [1.54, 1.807) is 0 Å². The van der Waals surface area contributed by atoms with Crippen molar-refractivity contribution in [3.8, 4) is 0 Å². The zero-order chi connectivity index (χ0) is 31.6. The summed E-state index contributed by atoms with van der Waals surface area (Å²) in [4.78, 5) is 23.8. The highest BCUT2D eigenvalue weighted by Gasteiger charge is 2.25. The lowest BCUT2D eigenvalue weighted by Crippen LogP contribution is -2.32. The maximum atomic E-state index is 12.2. The highest BCUT2D eigenvalue weighted by Crippen LogP contribution is 2.15. The molecule has 5 heteroatoms. The van der Waals surface area contributed by atoms with Crippen molar-refractivity contribution in [2.24, 2.45) is 0 Å². The van der Waals surface area contributed by atoms with Crippen LogP contribution in [0.15, 0.2) is 48.6 Å². The number of aliphatic carboxylic acids is 1. The Labute approximate surface area is 265 Å². The van der Waals surface area contributed by atoms with Crippen LogP contribution in [0.4, 0.5) is 0 Å². The molecule has 0 bridgehead atoms. The van der Waals surface area contributed by atoms with Gasteiger partial charge in [-0.1, -0.05) is 159 Å². The minimum Gasteiger partial charge on any atom is -0.479 e. The van der Waals surface area contributed by atoms with Gasteiger partial charge in [0.1, 0.15) is 0 Å². The number of unbranched alkanes of at least 4 members (excludes halogenated alkanes) is 16. The molecule has 0 saturated heterocycles. The van der Waals surface area contributed by atoms with Crippen LogP contribution >= 0.6 is 0 Å². The number of carbonyl (C=O) groups is 2. The van der Waals surface area contributed by atoms with Crippen LogP contribution in [0.5, 0.6) is 0 Å². The Kier molecular flexibility index (Phi) is 31.1. The molecule has 0 aromatic carbocycles. The summed E-state index contributed by atoms with van der Waals surface area (Å²) in [6, 6.07) is 0. The molecule has 0 heterocycles. The maximum Gasteiger partial charge on any atom is 0.345 e. The van der Waals surface area contributed by atoms with Crippen LogP contribution in [-0.2, 0) is 14.3 Å². The molecule has 248 valence electrons. The van der Waals surface area contributed by atoms with Gasteiger partial charge in [-0.2, -0.15) is 0 Å². The molecule has 0 saturated carbocycles. The predicted molar refractivity (Wildman–Crippen MR) is 182 cm³/mol. The highest BCUT2D eigenvalue weighted by molar-refractivity contribution is 5.80. The first-order valence-corrected chi connectivity index (χ1v) is 17.7. The van der Waals surface area contributed by atoms with Crippen LogP contribution in [0.3, 0.4) is 0 Å². The van der Waals surface area contributed by atoms with Crippen molar-refractivity contribution in [1.29, 1.82) is 0 Å². The molecule has 0 spiro atoms. The zero-order valence-corrected chi connectivity index (χ0v) is 27.9. The Hall–Kier alpha value is -2.14. The minimum atomic E-state index is -1.30. The molecule has 0 aliphatic carbocycles. The summed E-state index contributed by atoms with van der Waals surface area (Å²) in [5.41, 5.74) is 0. The van der Waals surface area contributed by atoms with Gasteiger partial charge >= 0.3 is 11.9 Å². The van der Waals surface area contributed by atoms with Crippen molar-refractivity contribution >= 4 is 11.9 Å². The maximum absolute atomic E-state index is 12.2. The Morgan fingerprint density at radius 3 is 1.40 bits per heavy atom. The Morgan fingerprint density at radius 2 is 0.930 bits per heavy atom. The zero-order valence-electron chi connectivity index (χ0n) is 27.9. The molecule has 0 aromatic heterocycles. The van der Waals surface area contributed by atoms with Gasteiger partial charge in [-0.25, -0.2) is 9.59 Å². The van der Waals surface area contributed by atoms with E-state index in [9.17, 15) is 19.8 Å². The molecular weight excluding hydrogens is 536 g/mol. The van der Waals surface area contributed by atoms with E-state index in [1.165, 1.54) is 96.3 Å². The molecular formula is C38H66O5. The third-order valence-electron chi connectivity index (χ3n) is 7.69. The van der Waals surface area contributed by atoms with Gasteiger partial charge in [0, 0.05) is 0 Å². The number of ether oxygens (including phenoxy) is 1. The predicted octanol–water partition coefficient (Wildman–Crippen LogP) is 11.0. The van der Waals surface area contributed by atoms with Crippen LogP contribution in [0.1, 0.15) is 168 Å². The van der Waals surface area contributed by atoms with Crippen LogP contribution in [0.25, 0.3) is 0 Å². The standard InChI is InChI=1S/C38H66O5/c1-3-5-7-9-11-13-15-17-19-20-21-23-25-27-29-31-33-35(39)38(42)43-36(37(40)41)34-32-30-28-26-24-22-18-16-14-12-10-8-6-4-2/h11,13,17,19,21,23,27,29,35-36,39H,3-10,12,14-16,18,20,22,24-26,28,30-34H2,1-2H3,(H,40,41). The molecule has 0 radical (unpaired) electrons. The molecule has 5 nitrogen and oxygen atoms in total. The molecule has 2 N–H and O–H groups in total. The van der Waals surface area contributed by atoms with E-state index in [4.69, 9.17) is 4.74 Å². The lowest BCUT2D eigenvalue weighted by molar-refractivity contribution is -0.170. The largest absolute Gasteiger partial charge is 0.479 e. The summed E-state index contributed by atoms with van der Waals surface area (Å²) in [5, 5.41) is 19.6. The smallest absolute Gasteiger partial charge is 0.345 e. The Morgan fingerprint density at radius 1 is 0.535 bits per heavy atom. The van der Waals surface area contributed by atoms with E-state index in [-0.39, 0.29) is 6.42 Å². The second kappa shape index (κ2) is 32.8. The number of carboxylic acids is 1. The van der Waals surface area contributed by atoms with Gasteiger partial charge < -0.3 is 14.9 Å². The van der Waals surface area contributed by atoms with Gasteiger partial charge in [0.2, 0.25) is 0 Å². The molecule has 0 rings (SSSR count). The van der Waals surface area contributed by atoms with Crippen molar-refractivity contribution in [3.05, 3.63) is 48.6 Å². The van der Waals surface area contributed by atoms with Crippen molar-refractivity contribution in [3.63, 3.8) is 0 Å². The van der Waals surface area contributed by atoms with Gasteiger partial charge in [0.05, 0.1) is 0 Å². The first-order valence-electron chi connectivity index (χ1n) is 17.7. The topological polar surface area (TPSA) is 83.8 Å². The number of hydrogen-bond donors (Lipinski definition) is 2. The molecule has 2 unspecified atom stereocenters. The van der Waals surface area contributed by atoms with E-state index in [0.29, 0.717) is 19.3 Å². The minimum absolute atomic E-state index is 0.221. The molecule has 0 aromatic rings. The lowest BCUT2D eigenvalue weighted by Gasteiger charge is -2.16. The van der Waals surface area contributed by atoms with Crippen molar-refractivity contribution in [2.75, 3.05) is 0 Å². The van der Waals surface area contributed by atoms with Gasteiger partial charge in [0.25, 0.3) is 0 Å². The monoisotopic (exact) mass is 602 g/mol. The first-order chi connectivity index (χ1) is 21.0. The molecule has 0 aliphatic heterocycles. The van der Waals surface area contributed by atoms with E-state index in [0.717, 1.165) is 32.1 Å². The molecule has 43 heavy (non-hydrogen) atoms. The van der Waals surface area contributed by atoms with Gasteiger partial charge in [0.15, 0.2) is 12.2 Å². The molecule has 0 amide bonds. The number of allylic oxidation sites excluding steroid dienone is 8. The quantitative estimate of drug-likeness (QED) is 0.0468. The fourth-order valence-corrected chi connectivity index (χ4v) is 4.91. The highest BCUT2D eigenvalue weighted by atomic mass is 16.6. The number of hydrogen-bond acceptors (Lipinski definition) is 4. The summed E-state index contributed by atoms with van der Waals surface area (Å²) in [5.74, 6) is -1.98. The van der Waals surface area contributed by atoms with Gasteiger partial charge in [-0.15, -0.1) is 0 Å². The summed E-state index contributed by atoms with van der Waals surface area (Å²) in [7, 11) is 0. The number of carbonyl (C=O) groups excluding carboxylic acids is 1. The van der Waals surface area contributed by atoms with E-state index in [2.05, 4.69) is 50.3 Å². The Balaban J connectivity index is 3.85. The van der Waals surface area contributed by atoms with Crippen molar-refractivity contribution in [2.45, 2.75) is 180 Å². The summed E-state index contributed by atoms with van der Waals surface area (Å²) < 4.78 is 5.13. The molecule has 2 atom stereocenters. The van der Waals surface area contributed by atoms with E-state index >= 15 is 0 Å².